The first-order chi connectivity index (χ1) is 7.63. The summed E-state index contributed by atoms with van der Waals surface area (Å²) in [7, 11) is 1.75. The number of benzene rings is 1. The first-order valence-corrected chi connectivity index (χ1v) is 5.66. The Morgan fingerprint density at radius 2 is 2.19 bits per heavy atom. The van der Waals surface area contributed by atoms with E-state index in [2.05, 4.69) is 11.9 Å². The van der Waals surface area contributed by atoms with E-state index in [-0.39, 0.29) is 5.56 Å². The number of hydrogen-bond donors (Lipinski definition) is 0. The molecule has 0 aliphatic carbocycles. The summed E-state index contributed by atoms with van der Waals surface area (Å²) in [5, 5.41) is 1.14. The summed E-state index contributed by atoms with van der Waals surface area (Å²) in [6.45, 7) is 2.07. The summed E-state index contributed by atoms with van der Waals surface area (Å²) in [5.41, 5.74) is 0.687. The van der Waals surface area contributed by atoms with Crippen LogP contribution in [-0.4, -0.2) is 9.55 Å². The monoisotopic (exact) mass is 236 g/mol. The molecule has 4 heteroatoms. The maximum Gasteiger partial charge on any atom is 0.261 e. The molecule has 1 aromatic heterocycles. The molecule has 0 aliphatic heterocycles. The predicted molar refractivity (Wildman–Crippen MR) is 66.0 cm³/mol. The van der Waals surface area contributed by atoms with Crippen LogP contribution in [0.25, 0.3) is 10.9 Å². The Labute approximate surface area is 98.7 Å². The Hall–Kier alpha value is -1.35. The highest BCUT2D eigenvalue weighted by Crippen LogP contribution is 2.15. The van der Waals surface area contributed by atoms with Crippen LogP contribution in [0.15, 0.2) is 23.0 Å². The van der Waals surface area contributed by atoms with E-state index in [1.54, 1.807) is 29.8 Å². The summed E-state index contributed by atoms with van der Waals surface area (Å²) in [5.74, 6) is 0.822. The number of fused-ring (bicyclic) bond motifs is 1. The second-order valence-corrected chi connectivity index (χ2v) is 4.24. The fourth-order valence-corrected chi connectivity index (χ4v) is 1.91. The Balaban J connectivity index is 2.78. The van der Waals surface area contributed by atoms with Crippen LogP contribution >= 0.6 is 11.6 Å². The summed E-state index contributed by atoms with van der Waals surface area (Å²) in [6, 6.07) is 5.21. The van der Waals surface area contributed by atoms with Crippen molar-refractivity contribution in [2.45, 2.75) is 19.8 Å². The number of rotatable bonds is 2. The lowest BCUT2D eigenvalue weighted by atomic mass is 10.2. The number of aromatic nitrogens is 2. The predicted octanol–water partition coefficient (Wildman–Crippen LogP) is 2.54. The van der Waals surface area contributed by atoms with Gasteiger partial charge in [0, 0.05) is 18.5 Å². The minimum atomic E-state index is -0.0315. The van der Waals surface area contributed by atoms with Crippen molar-refractivity contribution in [2.75, 3.05) is 0 Å². The van der Waals surface area contributed by atoms with E-state index < -0.39 is 0 Å². The fourth-order valence-electron chi connectivity index (χ4n) is 1.74. The molecular formula is C12H13ClN2O. The molecule has 84 valence electrons. The van der Waals surface area contributed by atoms with E-state index in [0.717, 1.165) is 24.2 Å². The van der Waals surface area contributed by atoms with Gasteiger partial charge < -0.3 is 0 Å². The molecule has 0 saturated carbocycles. The first kappa shape index (κ1) is 11.1. The molecule has 0 spiro atoms. The zero-order chi connectivity index (χ0) is 11.7. The summed E-state index contributed by atoms with van der Waals surface area (Å²) >= 11 is 5.87. The number of hydrogen-bond acceptors (Lipinski definition) is 2. The molecule has 0 saturated heterocycles. The maximum atomic E-state index is 12.0. The number of nitrogens with zero attached hydrogens (tertiary/aromatic N) is 2. The van der Waals surface area contributed by atoms with Crippen molar-refractivity contribution in [1.82, 2.24) is 9.55 Å². The lowest BCUT2D eigenvalue weighted by Gasteiger charge is -2.08. The fraction of sp³-hybridized carbons (Fsp3) is 0.333. The molecule has 0 radical (unpaired) electrons. The van der Waals surface area contributed by atoms with Gasteiger partial charge in [-0.3, -0.25) is 9.36 Å². The zero-order valence-corrected chi connectivity index (χ0v) is 10.1. The van der Waals surface area contributed by atoms with Crippen LogP contribution in [0, 0.1) is 0 Å². The first-order valence-electron chi connectivity index (χ1n) is 5.28. The van der Waals surface area contributed by atoms with Crippen molar-refractivity contribution in [3.8, 4) is 0 Å². The standard InChI is InChI=1S/C12H13ClN2O/c1-3-4-11-14-10-6-5-8(13)7-9(10)12(16)15(11)2/h5-7H,3-4H2,1-2H3. The van der Waals surface area contributed by atoms with Gasteiger partial charge in [-0.2, -0.15) is 0 Å². The zero-order valence-electron chi connectivity index (χ0n) is 9.33. The topological polar surface area (TPSA) is 34.9 Å². The molecule has 0 unspecified atom stereocenters. The van der Waals surface area contributed by atoms with Crippen molar-refractivity contribution < 1.29 is 0 Å². The molecule has 0 bridgehead atoms. The van der Waals surface area contributed by atoms with Gasteiger partial charge in [-0.05, 0) is 24.6 Å². The second-order valence-electron chi connectivity index (χ2n) is 3.80. The Kier molecular flexibility index (Phi) is 2.97. The lowest BCUT2D eigenvalue weighted by molar-refractivity contribution is 0.717. The largest absolute Gasteiger partial charge is 0.299 e. The molecule has 0 amide bonds. The SMILES string of the molecule is CCCc1nc2ccc(Cl)cc2c(=O)n1C. The third kappa shape index (κ3) is 1.83. The molecule has 3 nitrogen and oxygen atoms in total. The quantitative estimate of drug-likeness (QED) is 0.803. The van der Waals surface area contributed by atoms with E-state index in [9.17, 15) is 4.79 Å². The Morgan fingerprint density at radius 3 is 2.88 bits per heavy atom. The molecule has 0 N–H and O–H groups in total. The highest BCUT2D eigenvalue weighted by atomic mass is 35.5. The molecule has 1 aromatic carbocycles. The van der Waals surface area contributed by atoms with Crippen LogP contribution in [0.5, 0.6) is 0 Å². The molecule has 2 aromatic rings. The minimum Gasteiger partial charge on any atom is -0.299 e. The van der Waals surface area contributed by atoms with Crippen LogP contribution in [0.4, 0.5) is 0 Å². The van der Waals surface area contributed by atoms with Gasteiger partial charge >= 0.3 is 0 Å². The number of halogens is 1. The van der Waals surface area contributed by atoms with E-state index in [1.165, 1.54) is 0 Å². The summed E-state index contributed by atoms with van der Waals surface area (Å²) in [4.78, 5) is 16.5. The van der Waals surface area contributed by atoms with Crippen molar-refractivity contribution >= 4 is 22.5 Å². The van der Waals surface area contributed by atoms with Crippen molar-refractivity contribution in [2.24, 2.45) is 7.05 Å². The highest BCUT2D eigenvalue weighted by Gasteiger charge is 2.07. The molecule has 1 heterocycles. The van der Waals surface area contributed by atoms with Gasteiger partial charge in [0.2, 0.25) is 0 Å². The second kappa shape index (κ2) is 4.26. The summed E-state index contributed by atoms with van der Waals surface area (Å²) < 4.78 is 1.60. The normalized spacial score (nSPS) is 10.9. The Morgan fingerprint density at radius 1 is 1.44 bits per heavy atom. The van der Waals surface area contributed by atoms with Gasteiger partial charge in [0.1, 0.15) is 5.82 Å². The molecular weight excluding hydrogens is 224 g/mol. The van der Waals surface area contributed by atoms with Crippen LogP contribution in [0.2, 0.25) is 5.02 Å². The van der Waals surface area contributed by atoms with Crippen molar-refractivity contribution in [1.29, 1.82) is 0 Å². The molecule has 0 aliphatic rings. The van der Waals surface area contributed by atoms with Gasteiger partial charge in [0.05, 0.1) is 10.9 Å². The molecule has 0 atom stereocenters. The lowest BCUT2D eigenvalue weighted by Crippen LogP contribution is -2.22. The Bertz CT molecular complexity index is 589. The van der Waals surface area contributed by atoms with Crippen LogP contribution in [-0.2, 0) is 13.5 Å². The van der Waals surface area contributed by atoms with E-state index in [1.807, 2.05) is 0 Å². The average molecular weight is 237 g/mol. The van der Waals surface area contributed by atoms with Gasteiger partial charge in [0.15, 0.2) is 0 Å². The molecule has 2 rings (SSSR count). The van der Waals surface area contributed by atoms with E-state index in [4.69, 9.17) is 11.6 Å². The van der Waals surface area contributed by atoms with Gasteiger partial charge in [-0.15, -0.1) is 0 Å². The third-order valence-corrected chi connectivity index (χ3v) is 2.84. The van der Waals surface area contributed by atoms with Gasteiger partial charge in [-0.1, -0.05) is 18.5 Å². The molecule has 0 fully saturated rings. The van der Waals surface area contributed by atoms with Gasteiger partial charge in [0.25, 0.3) is 5.56 Å². The summed E-state index contributed by atoms with van der Waals surface area (Å²) in [6.07, 6.45) is 1.78. The van der Waals surface area contributed by atoms with Crippen LogP contribution in [0.3, 0.4) is 0 Å². The van der Waals surface area contributed by atoms with Crippen molar-refractivity contribution in [3.05, 3.63) is 39.4 Å². The maximum absolute atomic E-state index is 12.0. The van der Waals surface area contributed by atoms with Crippen LogP contribution in [0.1, 0.15) is 19.2 Å². The van der Waals surface area contributed by atoms with E-state index >= 15 is 0 Å². The minimum absolute atomic E-state index is 0.0315. The number of aryl methyl sites for hydroxylation is 1. The highest BCUT2D eigenvalue weighted by molar-refractivity contribution is 6.31. The van der Waals surface area contributed by atoms with Gasteiger partial charge in [-0.25, -0.2) is 4.98 Å². The van der Waals surface area contributed by atoms with E-state index in [0.29, 0.717) is 10.4 Å². The van der Waals surface area contributed by atoms with Crippen molar-refractivity contribution in [3.63, 3.8) is 0 Å². The average Bonchev–Trinajstić information content (AvgIpc) is 2.27. The van der Waals surface area contributed by atoms with Crippen LogP contribution < -0.4 is 5.56 Å². The third-order valence-electron chi connectivity index (χ3n) is 2.60. The molecule has 16 heavy (non-hydrogen) atoms. The smallest absolute Gasteiger partial charge is 0.261 e.